The number of ether oxygens (including phenoxy) is 1. The molecule has 0 unspecified atom stereocenters. The van der Waals surface area contributed by atoms with Gasteiger partial charge in [0.2, 0.25) is 11.8 Å². The number of nitrogens with zero attached hydrogens (tertiary/aromatic N) is 2. The molecule has 0 radical (unpaired) electrons. The van der Waals surface area contributed by atoms with Crippen LogP contribution in [-0.2, 0) is 26.2 Å². The summed E-state index contributed by atoms with van der Waals surface area (Å²) in [5.41, 5.74) is 2.81. The lowest BCUT2D eigenvalue weighted by Crippen LogP contribution is -2.52. The molecule has 1 saturated carbocycles. The molecule has 1 aliphatic rings. The molecule has 0 spiro atoms. The van der Waals surface area contributed by atoms with E-state index in [1.807, 2.05) is 38.1 Å². The molecule has 0 bridgehead atoms. The number of nitrogens with one attached hydrogen (secondary N) is 1. The van der Waals surface area contributed by atoms with Crippen molar-refractivity contribution >= 4 is 27.5 Å². The average Bonchev–Trinajstić information content (AvgIpc) is 3.49. The van der Waals surface area contributed by atoms with Crippen LogP contribution in [-0.4, -0.2) is 50.9 Å². The third-order valence-electron chi connectivity index (χ3n) is 7.62. The van der Waals surface area contributed by atoms with Crippen molar-refractivity contribution in [3.8, 4) is 5.75 Å². The molecular formula is C32H39N3O5S. The summed E-state index contributed by atoms with van der Waals surface area (Å²) in [5, 5.41) is 3.09. The number of carbonyl (C=O) groups excluding carboxylic acids is 2. The zero-order chi connectivity index (χ0) is 29.6. The summed E-state index contributed by atoms with van der Waals surface area (Å²) in [6, 6.07) is 20.1. The maximum Gasteiger partial charge on any atom is 0.264 e. The number of methoxy groups -OCH3 is 1. The summed E-state index contributed by atoms with van der Waals surface area (Å²) in [6.07, 6.45) is 3.97. The number of anilines is 1. The summed E-state index contributed by atoms with van der Waals surface area (Å²) in [5.74, 6) is -0.0491. The molecule has 1 aliphatic carbocycles. The van der Waals surface area contributed by atoms with Crippen molar-refractivity contribution in [3.05, 3.63) is 89.5 Å². The number of hydrogen-bond acceptors (Lipinski definition) is 5. The summed E-state index contributed by atoms with van der Waals surface area (Å²) in [4.78, 5) is 29.0. The summed E-state index contributed by atoms with van der Waals surface area (Å²) in [7, 11) is -2.52. The first kappa shape index (κ1) is 30.1. The van der Waals surface area contributed by atoms with Crippen LogP contribution in [0.1, 0.15) is 49.3 Å². The number of carbonyl (C=O) groups is 2. The number of benzene rings is 3. The highest BCUT2D eigenvalue weighted by atomic mass is 32.2. The molecule has 4 rings (SSSR count). The van der Waals surface area contributed by atoms with E-state index in [4.69, 9.17) is 4.74 Å². The smallest absolute Gasteiger partial charge is 0.264 e. The zero-order valence-corrected chi connectivity index (χ0v) is 25.0. The Hall–Kier alpha value is -3.85. The molecule has 8 nitrogen and oxygen atoms in total. The maximum atomic E-state index is 14.1. The van der Waals surface area contributed by atoms with Crippen LogP contribution >= 0.6 is 0 Å². The molecule has 1 N–H and O–H groups in total. The number of rotatable bonds is 11. The molecule has 3 aromatic rings. The van der Waals surface area contributed by atoms with Crippen LogP contribution in [0.4, 0.5) is 5.69 Å². The van der Waals surface area contributed by atoms with Crippen LogP contribution in [0.3, 0.4) is 0 Å². The average molecular weight is 578 g/mol. The first-order valence-corrected chi connectivity index (χ1v) is 15.4. The van der Waals surface area contributed by atoms with E-state index in [-0.39, 0.29) is 23.4 Å². The van der Waals surface area contributed by atoms with E-state index in [0.29, 0.717) is 11.4 Å². The van der Waals surface area contributed by atoms with Crippen LogP contribution in [0.25, 0.3) is 0 Å². The highest BCUT2D eigenvalue weighted by molar-refractivity contribution is 7.92. The van der Waals surface area contributed by atoms with Gasteiger partial charge in [-0.2, -0.15) is 0 Å². The molecule has 0 aliphatic heterocycles. The summed E-state index contributed by atoms with van der Waals surface area (Å²) in [6.45, 7) is 5.07. The number of hydrogen-bond donors (Lipinski definition) is 1. The Balaban J connectivity index is 1.70. The molecule has 218 valence electrons. The highest BCUT2D eigenvalue weighted by Gasteiger charge is 2.33. The lowest BCUT2D eigenvalue weighted by Gasteiger charge is -2.33. The molecule has 1 atom stereocenters. The Bertz CT molecular complexity index is 1450. The van der Waals surface area contributed by atoms with Gasteiger partial charge in [-0.05, 0) is 80.6 Å². The van der Waals surface area contributed by atoms with E-state index >= 15 is 0 Å². The Morgan fingerprint density at radius 3 is 2.27 bits per heavy atom. The van der Waals surface area contributed by atoms with Gasteiger partial charge in [0.05, 0.1) is 17.7 Å². The van der Waals surface area contributed by atoms with Gasteiger partial charge in [-0.3, -0.25) is 13.9 Å². The minimum absolute atomic E-state index is 0.0856. The van der Waals surface area contributed by atoms with Gasteiger partial charge in [0.25, 0.3) is 10.0 Å². The second kappa shape index (κ2) is 13.2. The minimum Gasteiger partial charge on any atom is -0.497 e. The monoisotopic (exact) mass is 577 g/mol. The van der Waals surface area contributed by atoms with Gasteiger partial charge >= 0.3 is 0 Å². The third kappa shape index (κ3) is 7.27. The predicted octanol–water partition coefficient (Wildman–Crippen LogP) is 4.98. The number of aryl methyl sites for hydroxylation is 2. The van der Waals surface area contributed by atoms with Crippen LogP contribution < -0.4 is 14.4 Å². The van der Waals surface area contributed by atoms with Crippen molar-refractivity contribution in [1.29, 1.82) is 0 Å². The summed E-state index contributed by atoms with van der Waals surface area (Å²) < 4.78 is 34.4. The Labute approximate surface area is 243 Å². The second-order valence-electron chi connectivity index (χ2n) is 10.7. The van der Waals surface area contributed by atoms with Crippen molar-refractivity contribution in [2.24, 2.45) is 0 Å². The fourth-order valence-corrected chi connectivity index (χ4v) is 6.61. The van der Waals surface area contributed by atoms with E-state index in [1.165, 1.54) is 17.0 Å². The van der Waals surface area contributed by atoms with E-state index in [1.54, 1.807) is 50.4 Å². The maximum absolute atomic E-state index is 14.1. The van der Waals surface area contributed by atoms with Crippen molar-refractivity contribution in [3.63, 3.8) is 0 Å². The summed E-state index contributed by atoms with van der Waals surface area (Å²) >= 11 is 0. The highest BCUT2D eigenvalue weighted by Crippen LogP contribution is 2.29. The largest absolute Gasteiger partial charge is 0.497 e. The van der Waals surface area contributed by atoms with Crippen LogP contribution in [0.15, 0.2) is 77.7 Å². The molecule has 2 amide bonds. The van der Waals surface area contributed by atoms with Crippen LogP contribution in [0.5, 0.6) is 5.75 Å². The predicted molar refractivity (Wildman–Crippen MR) is 160 cm³/mol. The Morgan fingerprint density at radius 1 is 0.976 bits per heavy atom. The molecule has 0 aromatic heterocycles. The molecule has 1 fully saturated rings. The Kier molecular flexibility index (Phi) is 9.70. The van der Waals surface area contributed by atoms with Gasteiger partial charge in [0.15, 0.2) is 0 Å². The Morgan fingerprint density at radius 2 is 1.63 bits per heavy atom. The van der Waals surface area contributed by atoms with Crippen molar-refractivity contribution in [1.82, 2.24) is 10.2 Å². The van der Waals surface area contributed by atoms with Gasteiger partial charge in [-0.1, -0.05) is 55.3 Å². The standard InChI is InChI=1S/C32H39N3O5S/c1-23-14-15-24(2)30(20-23)35(41(38,39)29-12-6-5-7-13-29)22-31(36)34(21-26-16-18-28(40-4)19-17-26)25(3)32(37)33-27-10-8-9-11-27/h5-7,12-20,25,27H,8-11,21-22H2,1-4H3,(H,33,37)/t25-/m1/s1. The van der Waals surface area contributed by atoms with Gasteiger partial charge in [-0.15, -0.1) is 0 Å². The SMILES string of the molecule is COc1ccc(CN(C(=O)CN(c2cc(C)ccc2C)S(=O)(=O)c2ccccc2)[C@H](C)C(=O)NC2CCCC2)cc1. The first-order valence-electron chi connectivity index (χ1n) is 14.0. The van der Waals surface area contributed by atoms with E-state index in [9.17, 15) is 18.0 Å². The fourth-order valence-electron chi connectivity index (χ4n) is 5.12. The van der Waals surface area contributed by atoms with Gasteiger partial charge in [-0.25, -0.2) is 8.42 Å². The van der Waals surface area contributed by atoms with Gasteiger partial charge in [0.1, 0.15) is 18.3 Å². The number of amides is 2. The molecule has 0 saturated heterocycles. The van der Waals surface area contributed by atoms with Crippen molar-refractivity contribution in [2.45, 2.75) is 70.0 Å². The van der Waals surface area contributed by atoms with Gasteiger partial charge < -0.3 is 15.0 Å². The van der Waals surface area contributed by atoms with Gasteiger partial charge in [0, 0.05) is 12.6 Å². The van der Waals surface area contributed by atoms with E-state index in [2.05, 4.69) is 5.32 Å². The molecule has 41 heavy (non-hydrogen) atoms. The molecular weight excluding hydrogens is 538 g/mol. The van der Waals surface area contributed by atoms with E-state index < -0.39 is 28.5 Å². The molecule has 0 heterocycles. The van der Waals surface area contributed by atoms with Crippen LogP contribution in [0.2, 0.25) is 0 Å². The topological polar surface area (TPSA) is 96.0 Å². The van der Waals surface area contributed by atoms with Crippen molar-refractivity contribution < 1.29 is 22.7 Å². The second-order valence-corrected chi connectivity index (χ2v) is 12.5. The molecule has 3 aromatic carbocycles. The zero-order valence-electron chi connectivity index (χ0n) is 24.2. The fraction of sp³-hybridized carbons (Fsp3) is 0.375. The quantitative estimate of drug-likeness (QED) is 0.347. The lowest BCUT2D eigenvalue weighted by molar-refractivity contribution is -0.139. The van der Waals surface area contributed by atoms with E-state index in [0.717, 1.165) is 46.7 Å². The minimum atomic E-state index is -4.10. The first-order chi connectivity index (χ1) is 19.6. The van der Waals surface area contributed by atoms with Crippen LogP contribution in [0, 0.1) is 13.8 Å². The lowest BCUT2D eigenvalue weighted by atomic mass is 10.1. The van der Waals surface area contributed by atoms with Crippen molar-refractivity contribution in [2.75, 3.05) is 18.0 Å². The normalized spacial score (nSPS) is 14.3. The number of sulfonamides is 1. The molecule has 9 heteroatoms. The third-order valence-corrected chi connectivity index (χ3v) is 9.40.